The van der Waals surface area contributed by atoms with Gasteiger partial charge < -0.3 is 24.2 Å². The van der Waals surface area contributed by atoms with E-state index in [4.69, 9.17) is 19.3 Å². The lowest BCUT2D eigenvalue weighted by Gasteiger charge is -2.37. The maximum absolute atomic E-state index is 16.2. The van der Waals surface area contributed by atoms with E-state index in [1.807, 2.05) is 32.9 Å². The van der Waals surface area contributed by atoms with Gasteiger partial charge in [0, 0.05) is 25.7 Å². The van der Waals surface area contributed by atoms with Crippen molar-refractivity contribution in [2.75, 3.05) is 27.9 Å². The fourth-order valence-electron chi connectivity index (χ4n) is 8.63. The second-order valence-electron chi connectivity index (χ2n) is 17.4. The number of hydrogen-bond acceptors (Lipinski definition) is 14. The molecule has 0 saturated carbocycles. The highest BCUT2D eigenvalue weighted by Crippen LogP contribution is 2.43. The van der Waals surface area contributed by atoms with Crippen molar-refractivity contribution < 1.29 is 40.9 Å². The van der Waals surface area contributed by atoms with Crippen LogP contribution in [0.3, 0.4) is 0 Å². The van der Waals surface area contributed by atoms with Gasteiger partial charge >= 0.3 is 6.09 Å². The summed E-state index contributed by atoms with van der Waals surface area (Å²) in [6.07, 6.45) is -1.08. The summed E-state index contributed by atoms with van der Waals surface area (Å²) >= 11 is 1.19. The first-order valence-corrected chi connectivity index (χ1v) is 25.3. The van der Waals surface area contributed by atoms with Crippen LogP contribution in [0.2, 0.25) is 0 Å². The van der Waals surface area contributed by atoms with E-state index in [0.717, 1.165) is 5.56 Å². The number of methoxy groups -OCH3 is 3. The fraction of sp³-hybridized carbons (Fsp3) is 0.292. The number of carbonyl (C=O) groups is 1. The zero-order valence-electron chi connectivity index (χ0n) is 38.5. The lowest BCUT2D eigenvalue weighted by Crippen LogP contribution is -2.52. The van der Waals surface area contributed by atoms with Crippen LogP contribution < -0.4 is 18.9 Å². The van der Waals surface area contributed by atoms with Gasteiger partial charge in [-0.15, -0.1) is 21.5 Å². The number of rotatable bonds is 16. The van der Waals surface area contributed by atoms with Crippen LogP contribution in [0.1, 0.15) is 48.9 Å². The molecule has 8 rings (SSSR count). The number of likely N-dealkylation sites (tertiary alicyclic amines) is 1. The minimum absolute atomic E-state index is 0.0468. The van der Waals surface area contributed by atoms with Crippen molar-refractivity contribution in [3.63, 3.8) is 0 Å². The van der Waals surface area contributed by atoms with Crippen LogP contribution in [-0.4, -0.2) is 102 Å². The van der Waals surface area contributed by atoms with E-state index in [-0.39, 0.29) is 54.6 Å². The van der Waals surface area contributed by atoms with Crippen LogP contribution >= 0.6 is 11.3 Å². The van der Waals surface area contributed by atoms with Crippen LogP contribution in [0.25, 0.3) is 32.7 Å². The van der Waals surface area contributed by atoms with Crippen LogP contribution in [0.4, 0.5) is 4.79 Å². The monoisotopic (exact) mass is 991 g/mol. The molecule has 69 heavy (non-hydrogen) atoms. The van der Waals surface area contributed by atoms with Gasteiger partial charge in [-0.25, -0.2) is 31.3 Å². The minimum atomic E-state index is -4.99. The highest BCUT2D eigenvalue weighted by molar-refractivity contribution is 7.92. The van der Waals surface area contributed by atoms with E-state index >= 15 is 16.8 Å². The molecule has 1 saturated heterocycles. The summed E-state index contributed by atoms with van der Waals surface area (Å²) in [6.45, 7) is 5.15. The summed E-state index contributed by atoms with van der Waals surface area (Å²) in [4.78, 5) is 18.2. The molecule has 7 aromatic rings. The van der Waals surface area contributed by atoms with Crippen LogP contribution in [-0.2, 0) is 39.7 Å². The van der Waals surface area contributed by atoms with E-state index in [9.17, 15) is 15.2 Å². The van der Waals surface area contributed by atoms with Gasteiger partial charge in [0.25, 0.3) is 0 Å². The summed E-state index contributed by atoms with van der Waals surface area (Å²) in [6, 6.07) is 29.1. The number of aromatic nitrogens is 5. The van der Waals surface area contributed by atoms with E-state index in [0.29, 0.717) is 44.2 Å². The molecule has 358 valence electrons. The molecular formula is C48H49N9O9S3. The Balaban J connectivity index is 1.39. The zero-order valence-corrected chi connectivity index (χ0v) is 41.0. The third-order valence-corrected chi connectivity index (χ3v) is 16.3. The number of nitrogens with one attached hydrogen (secondary N) is 1. The lowest BCUT2D eigenvalue weighted by atomic mass is 9.83. The normalized spacial score (nSPS) is 15.4. The van der Waals surface area contributed by atoms with Gasteiger partial charge in [0.15, 0.2) is 5.01 Å². The maximum Gasteiger partial charge on any atom is 0.407 e. The molecule has 0 radical (unpaired) electrons. The second kappa shape index (κ2) is 19.6. The number of nitriles is 1. The number of carboxylic acid groups (broad SMARTS) is 1. The number of hydrogen-bond donors (Lipinski definition) is 2. The van der Waals surface area contributed by atoms with Crippen LogP contribution in [0.15, 0.2) is 113 Å². The molecule has 0 bridgehead atoms. The Kier molecular flexibility index (Phi) is 13.8. The molecule has 18 nitrogen and oxygen atoms in total. The first-order valence-electron chi connectivity index (χ1n) is 21.6. The predicted molar refractivity (Wildman–Crippen MR) is 258 cm³/mol. The molecule has 2 N–H and O–H groups in total. The van der Waals surface area contributed by atoms with Gasteiger partial charge in [-0.3, -0.25) is 0 Å². The quantitative estimate of drug-likeness (QED) is 0.0961. The Morgan fingerprint density at radius 3 is 1.97 bits per heavy atom. The molecule has 0 aliphatic carbocycles. The third-order valence-electron chi connectivity index (χ3n) is 11.8. The molecular weight excluding hydrogens is 943 g/mol. The number of sulfonamides is 2. The summed E-state index contributed by atoms with van der Waals surface area (Å²) in [5, 5.41) is 33.6. The molecule has 1 aliphatic heterocycles. The zero-order chi connectivity index (χ0) is 49.3. The van der Waals surface area contributed by atoms with E-state index in [2.05, 4.69) is 26.1 Å². The van der Waals surface area contributed by atoms with Crippen molar-refractivity contribution in [3.05, 3.63) is 125 Å². The summed E-state index contributed by atoms with van der Waals surface area (Å²) in [5.41, 5.74) is 2.09. The highest BCUT2D eigenvalue weighted by Gasteiger charge is 2.47. The Bertz CT molecular complexity index is 3230. The summed E-state index contributed by atoms with van der Waals surface area (Å²) < 4.78 is 83.8. The van der Waals surface area contributed by atoms with E-state index in [1.54, 1.807) is 86.0 Å². The number of fused-ring (bicyclic) bond motifs is 1. The van der Waals surface area contributed by atoms with Gasteiger partial charge in [-0.05, 0) is 99.5 Å². The third kappa shape index (κ3) is 10.3. The number of nitrogens with zero attached hydrogens (tertiary/aromatic N) is 8. The number of ether oxygens (including phenoxy) is 3. The van der Waals surface area contributed by atoms with Crippen molar-refractivity contribution in [2.45, 2.75) is 68.7 Å². The molecule has 0 spiro atoms. The van der Waals surface area contributed by atoms with Crippen molar-refractivity contribution in [3.8, 4) is 45.8 Å². The van der Waals surface area contributed by atoms with Crippen molar-refractivity contribution >= 4 is 47.7 Å². The highest BCUT2D eigenvalue weighted by atomic mass is 32.2. The largest absolute Gasteiger partial charge is 0.497 e. The minimum Gasteiger partial charge on any atom is -0.497 e. The molecule has 5 aromatic carbocycles. The van der Waals surface area contributed by atoms with E-state index < -0.39 is 53.4 Å². The van der Waals surface area contributed by atoms with Crippen molar-refractivity contribution in [2.24, 2.45) is 5.41 Å². The Hall–Kier alpha value is -6.96. The van der Waals surface area contributed by atoms with Crippen molar-refractivity contribution in [1.29, 1.82) is 5.26 Å². The number of thiazole rings is 1. The van der Waals surface area contributed by atoms with Gasteiger partial charge in [0.05, 0.1) is 49.7 Å². The fourth-order valence-corrected chi connectivity index (χ4v) is 13.1. The average Bonchev–Trinajstić information content (AvgIpc) is 4.10. The van der Waals surface area contributed by atoms with Gasteiger partial charge in [0.2, 0.25) is 25.9 Å². The molecule has 1 aliphatic rings. The standard InChI is InChI=1S/C48H49N9O9S3/c1-48(2,3)45-38(23-24-56(45)47(58)59)53-68(60,61)41-22-20-37(33-13-21-40-39(25-33)50-42(26-49)67-40)43(46-51-54-57(52-46)29-32-11-18-36(66-6)19-12-32)44(41)69(62,63)55(27-30-7-14-34(64-4)15-8-30)28-31-9-16-35(65-5)17-10-31/h7-22,25,38,45,53H,23-24,27-29H2,1-6H3,(H,58,59). The van der Waals surface area contributed by atoms with Crippen molar-refractivity contribution in [1.82, 2.24) is 39.1 Å². The molecule has 1 fully saturated rings. The predicted octanol–water partition coefficient (Wildman–Crippen LogP) is 7.40. The number of amides is 1. The first-order chi connectivity index (χ1) is 32.9. The Morgan fingerprint density at radius 2 is 1.43 bits per heavy atom. The van der Waals surface area contributed by atoms with Crippen LogP contribution in [0, 0.1) is 16.7 Å². The van der Waals surface area contributed by atoms with Gasteiger partial charge in [-0.2, -0.15) is 14.4 Å². The first kappa shape index (κ1) is 48.5. The number of tetrazole rings is 1. The summed E-state index contributed by atoms with van der Waals surface area (Å²) in [7, 11) is -5.26. The molecule has 2 aromatic heterocycles. The molecule has 3 heterocycles. The van der Waals surface area contributed by atoms with E-state index in [1.165, 1.54) is 51.7 Å². The average molecular weight is 992 g/mol. The summed E-state index contributed by atoms with van der Waals surface area (Å²) in [5.74, 6) is 1.52. The lowest BCUT2D eigenvalue weighted by molar-refractivity contribution is 0.0999. The maximum atomic E-state index is 16.2. The SMILES string of the molecule is COc1ccc(CN(Cc2ccc(OC)cc2)S(=O)(=O)c2c(S(=O)(=O)NC3CCN(C(=O)O)C3C(C)(C)C)ccc(-c3ccc4sc(C#N)nc4c3)c2-c2nnn(Cc3ccc(OC)cc3)n2)cc1. The smallest absolute Gasteiger partial charge is 0.407 e. The topological polar surface area (TPSA) is 232 Å². The number of benzene rings is 5. The van der Waals surface area contributed by atoms with Gasteiger partial charge in [-0.1, -0.05) is 69.3 Å². The molecule has 2 unspecified atom stereocenters. The molecule has 1 amide bonds. The molecule has 21 heteroatoms. The van der Waals surface area contributed by atoms with Crippen LogP contribution in [0.5, 0.6) is 17.2 Å². The van der Waals surface area contributed by atoms with Gasteiger partial charge in [0.1, 0.15) is 33.1 Å². The second-order valence-corrected chi connectivity index (χ2v) is 22.0. The molecule has 2 atom stereocenters. The Labute approximate surface area is 403 Å². The Morgan fingerprint density at radius 1 is 0.855 bits per heavy atom.